The summed E-state index contributed by atoms with van der Waals surface area (Å²) in [5.41, 5.74) is 0. The van der Waals surface area contributed by atoms with E-state index in [2.05, 4.69) is 119 Å². The Bertz CT molecular complexity index is 267. The van der Waals surface area contributed by atoms with Crippen molar-refractivity contribution in [3.63, 3.8) is 0 Å². The lowest BCUT2D eigenvalue weighted by atomic mass is 10.4. The van der Waals surface area contributed by atoms with Crippen LogP contribution in [0.4, 0.5) is 0 Å². The fraction of sp³-hybridized carbons (Fsp3) is 0. The first kappa shape index (κ1) is 11.9. The molecule has 0 heterocycles. The van der Waals surface area contributed by atoms with Gasteiger partial charge in [0.05, 0.1) is 0 Å². The molecule has 1 radical (unpaired) electrons. The minimum Gasteiger partial charge on any atom is -0.0424 e. The van der Waals surface area contributed by atoms with Gasteiger partial charge in [-0.2, -0.15) is 0 Å². The van der Waals surface area contributed by atoms with E-state index in [9.17, 15) is 0 Å². The van der Waals surface area contributed by atoms with E-state index in [4.69, 9.17) is 0 Å². The van der Waals surface area contributed by atoms with E-state index >= 15 is 0 Å². The van der Waals surface area contributed by atoms with Gasteiger partial charge in [0.15, 0.2) is 0 Å². The third kappa shape index (κ3) is 2.91. The Kier molecular flexibility index (Phi) is 5.53. The summed E-state index contributed by atoms with van der Waals surface area (Å²) < 4.78 is 6.41. The van der Waals surface area contributed by atoms with Crippen LogP contribution in [0.1, 0.15) is 0 Å². The maximum atomic E-state index is 3.30. The molecule has 0 aromatic heterocycles. The van der Waals surface area contributed by atoms with Crippen molar-refractivity contribution in [1.29, 1.82) is 0 Å². The lowest BCUT2D eigenvalue weighted by Crippen LogP contribution is -1.93. The van der Waals surface area contributed by atoms with Gasteiger partial charge in [0.1, 0.15) is 0 Å². The first-order valence-electron chi connectivity index (χ1n) is 2.44. The smallest absolute Gasteiger partial charge is 0.0419 e. The van der Waals surface area contributed by atoms with Crippen LogP contribution in [0.25, 0.3) is 0 Å². The van der Waals surface area contributed by atoms with Gasteiger partial charge in [0.25, 0.3) is 0 Å². The average molecular weight is 707 g/mol. The van der Waals surface area contributed by atoms with Crippen molar-refractivity contribution in [1.82, 2.24) is 0 Å². The highest BCUT2D eigenvalue weighted by molar-refractivity contribution is 14.1. The second-order valence-corrected chi connectivity index (χ2v) is 7.09. The molecular weight excluding hydrogens is 707 g/mol. The molecule has 0 amide bonds. The maximum Gasteiger partial charge on any atom is 0.0419 e. The van der Waals surface area contributed by atoms with E-state index in [0.717, 1.165) is 0 Å². The first-order chi connectivity index (χ1) is 5.04. The summed E-state index contributed by atoms with van der Waals surface area (Å²) in [5.74, 6) is 0. The summed E-state index contributed by atoms with van der Waals surface area (Å²) in [7, 11) is 0. The molecule has 0 unspecified atom stereocenters. The largest absolute Gasteiger partial charge is 0.0424 e. The molecule has 0 atom stereocenters. The number of hydrogen-bond acceptors (Lipinski definition) is 0. The van der Waals surface area contributed by atoms with Gasteiger partial charge in [-0.25, -0.2) is 0 Å². The van der Waals surface area contributed by atoms with Gasteiger partial charge in [-0.1, -0.05) is 0 Å². The lowest BCUT2D eigenvalue weighted by Gasteiger charge is -2.03. The Hall–Kier alpha value is 2.87. The van der Waals surface area contributed by atoms with E-state index in [0.29, 0.717) is 0 Å². The van der Waals surface area contributed by atoms with E-state index < -0.39 is 0 Å². The van der Waals surface area contributed by atoms with Crippen molar-refractivity contribution in [3.8, 4) is 0 Å². The average Bonchev–Trinajstić information content (AvgIpc) is 1.97. The molecule has 0 nitrogen and oxygen atoms in total. The Morgan fingerprint density at radius 2 is 1.00 bits per heavy atom. The standard InChI is InChI=1S/C6I5/c7-2-1-3(8)5(10)6(11)4(2)9. The Morgan fingerprint density at radius 3 is 1.36 bits per heavy atom. The Labute approximate surface area is 134 Å². The molecule has 0 aliphatic rings. The minimum atomic E-state index is 1.22. The summed E-state index contributed by atoms with van der Waals surface area (Å²) >= 11 is 11.7. The topological polar surface area (TPSA) is 0 Å². The van der Waals surface area contributed by atoms with Gasteiger partial charge in [-0.15, -0.1) is 0 Å². The molecule has 59 valence electrons. The van der Waals surface area contributed by atoms with Crippen LogP contribution in [0.3, 0.4) is 0 Å². The van der Waals surface area contributed by atoms with Crippen LogP contribution in [0.2, 0.25) is 0 Å². The zero-order chi connectivity index (χ0) is 8.59. The molecule has 5 heteroatoms. The van der Waals surface area contributed by atoms with Crippen molar-refractivity contribution in [2.45, 2.75) is 0 Å². The number of halogens is 5. The number of benzene rings is 1. The highest BCUT2D eigenvalue weighted by Gasteiger charge is 2.09. The fourth-order valence-corrected chi connectivity index (χ4v) is 4.99. The molecule has 11 heavy (non-hydrogen) atoms. The van der Waals surface area contributed by atoms with E-state index in [1.54, 1.807) is 0 Å². The maximum absolute atomic E-state index is 3.30. The zero-order valence-corrected chi connectivity index (χ0v) is 15.7. The van der Waals surface area contributed by atoms with Gasteiger partial charge >= 0.3 is 0 Å². The van der Waals surface area contributed by atoms with Gasteiger partial charge in [-0.05, 0) is 113 Å². The van der Waals surface area contributed by atoms with Crippen LogP contribution in [-0.4, -0.2) is 0 Å². The normalized spacial score (nSPS) is 10.3. The van der Waals surface area contributed by atoms with Gasteiger partial charge < -0.3 is 0 Å². The Balaban J connectivity index is 3.46. The monoisotopic (exact) mass is 707 g/mol. The zero-order valence-electron chi connectivity index (χ0n) is 4.89. The molecule has 0 aliphatic carbocycles. The van der Waals surface area contributed by atoms with Crippen LogP contribution in [0, 0.1) is 23.9 Å². The molecule has 0 fully saturated rings. The van der Waals surface area contributed by atoms with Crippen LogP contribution in [0.5, 0.6) is 0 Å². The lowest BCUT2D eigenvalue weighted by molar-refractivity contribution is 1.42. The summed E-state index contributed by atoms with van der Waals surface area (Å²) in [6.45, 7) is 0. The van der Waals surface area contributed by atoms with Crippen molar-refractivity contribution in [2.24, 2.45) is 0 Å². The molecule has 0 saturated heterocycles. The molecule has 0 N–H and O–H groups in total. The molecule has 0 saturated carbocycles. The van der Waals surface area contributed by atoms with E-state index in [1.165, 1.54) is 17.9 Å². The highest BCUT2D eigenvalue weighted by Crippen LogP contribution is 2.28. The van der Waals surface area contributed by atoms with Crippen molar-refractivity contribution in [3.05, 3.63) is 23.9 Å². The minimum absolute atomic E-state index is 1.22. The number of rotatable bonds is 0. The summed E-state index contributed by atoms with van der Waals surface area (Å²) in [6, 6.07) is 3.30. The van der Waals surface area contributed by atoms with Crippen LogP contribution >= 0.6 is 113 Å². The number of hydrogen-bond donors (Lipinski definition) is 0. The summed E-state index contributed by atoms with van der Waals surface area (Å²) in [6.07, 6.45) is 0. The molecule has 1 rings (SSSR count). The molecule has 1 aromatic carbocycles. The molecule has 0 bridgehead atoms. The molecule has 0 spiro atoms. The van der Waals surface area contributed by atoms with Gasteiger partial charge in [0, 0.05) is 23.9 Å². The van der Waals surface area contributed by atoms with Crippen LogP contribution in [-0.2, 0) is 0 Å². The third-order valence-corrected chi connectivity index (χ3v) is 9.97. The SMILES string of the molecule is Ic1[c]c(I)c(I)c(I)c1I. The predicted octanol–water partition coefficient (Wildman–Crippen LogP) is 4.51. The van der Waals surface area contributed by atoms with Crippen molar-refractivity contribution in [2.75, 3.05) is 0 Å². The molecule has 1 aromatic rings. The van der Waals surface area contributed by atoms with Crippen molar-refractivity contribution >= 4 is 113 Å². The summed E-state index contributed by atoms with van der Waals surface area (Å²) in [5, 5.41) is 0. The quantitative estimate of drug-likeness (QED) is 0.212. The van der Waals surface area contributed by atoms with Gasteiger partial charge in [0.2, 0.25) is 0 Å². The molecule has 0 aliphatic heterocycles. The second kappa shape index (κ2) is 5.09. The van der Waals surface area contributed by atoms with E-state index in [-0.39, 0.29) is 0 Å². The van der Waals surface area contributed by atoms with Crippen LogP contribution < -0.4 is 0 Å². The van der Waals surface area contributed by atoms with Crippen molar-refractivity contribution < 1.29 is 0 Å². The second-order valence-electron chi connectivity index (χ2n) is 1.69. The van der Waals surface area contributed by atoms with Crippen LogP contribution in [0.15, 0.2) is 0 Å². The van der Waals surface area contributed by atoms with Gasteiger partial charge in [-0.3, -0.25) is 0 Å². The Morgan fingerprint density at radius 1 is 0.636 bits per heavy atom. The fourth-order valence-electron chi connectivity index (χ4n) is 0.495. The highest BCUT2D eigenvalue weighted by atomic mass is 127. The molecular formula is C6I5. The first-order valence-corrected chi connectivity index (χ1v) is 7.84. The predicted molar refractivity (Wildman–Crippen MR) is 88.9 cm³/mol. The third-order valence-electron chi connectivity index (χ3n) is 0.990. The summed E-state index contributed by atoms with van der Waals surface area (Å²) in [4.78, 5) is 0. The van der Waals surface area contributed by atoms with E-state index in [1.807, 2.05) is 0 Å².